The van der Waals surface area contributed by atoms with Crippen LogP contribution in [0.3, 0.4) is 0 Å². The molecule has 96 valence electrons. The summed E-state index contributed by atoms with van der Waals surface area (Å²) in [5.41, 5.74) is 0.885. The number of fused-ring (bicyclic) bond motifs is 1. The third-order valence-corrected chi connectivity index (χ3v) is 3.80. The summed E-state index contributed by atoms with van der Waals surface area (Å²) in [5.74, 6) is 0. The minimum Gasteiger partial charge on any atom is -0.363 e. The minimum absolute atomic E-state index is 0.0279. The zero-order valence-electron chi connectivity index (χ0n) is 10.3. The third-order valence-electron chi connectivity index (χ3n) is 2.87. The molecule has 0 bridgehead atoms. The summed E-state index contributed by atoms with van der Waals surface area (Å²) in [4.78, 5) is 12.0. The standard InChI is InChI=1S/C13H12N4OS/c1-14-13-16-15-11(19-13)8-17-10-5-3-2-4-9(10)6-7-12(17)18/h2-7H,8H2,1H3,(H,14,16). The molecule has 5 nitrogen and oxygen atoms in total. The third kappa shape index (κ3) is 2.22. The van der Waals surface area contributed by atoms with Gasteiger partial charge in [0.15, 0.2) is 0 Å². The van der Waals surface area contributed by atoms with E-state index < -0.39 is 0 Å². The zero-order chi connectivity index (χ0) is 13.2. The number of para-hydroxylation sites is 1. The molecule has 6 heteroatoms. The molecule has 2 aromatic heterocycles. The summed E-state index contributed by atoms with van der Waals surface area (Å²) in [7, 11) is 1.80. The van der Waals surface area contributed by atoms with Gasteiger partial charge < -0.3 is 9.88 Å². The first-order chi connectivity index (χ1) is 9.28. The van der Waals surface area contributed by atoms with Gasteiger partial charge in [0.05, 0.1) is 12.1 Å². The monoisotopic (exact) mass is 272 g/mol. The van der Waals surface area contributed by atoms with Crippen LogP contribution in [0.1, 0.15) is 5.01 Å². The number of nitrogens with zero attached hydrogens (tertiary/aromatic N) is 3. The second-order valence-electron chi connectivity index (χ2n) is 4.07. The average molecular weight is 272 g/mol. The fourth-order valence-electron chi connectivity index (χ4n) is 1.96. The van der Waals surface area contributed by atoms with Crippen molar-refractivity contribution in [1.82, 2.24) is 14.8 Å². The molecule has 0 radical (unpaired) electrons. The van der Waals surface area contributed by atoms with Gasteiger partial charge in [-0.3, -0.25) is 4.79 Å². The van der Waals surface area contributed by atoms with Gasteiger partial charge in [-0.15, -0.1) is 10.2 Å². The van der Waals surface area contributed by atoms with Gasteiger partial charge in [-0.2, -0.15) is 0 Å². The van der Waals surface area contributed by atoms with E-state index in [9.17, 15) is 4.79 Å². The second kappa shape index (κ2) is 4.81. The number of anilines is 1. The molecule has 1 aromatic carbocycles. The highest BCUT2D eigenvalue weighted by Gasteiger charge is 2.07. The van der Waals surface area contributed by atoms with Gasteiger partial charge in [-0.1, -0.05) is 29.5 Å². The Bertz CT molecular complexity index is 777. The Hall–Kier alpha value is -2.21. The average Bonchev–Trinajstić information content (AvgIpc) is 2.90. The molecule has 0 saturated carbocycles. The Morgan fingerprint density at radius 2 is 2.05 bits per heavy atom. The Morgan fingerprint density at radius 1 is 1.21 bits per heavy atom. The summed E-state index contributed by atoms with van der Waals surface area (Å²) in [6, 6.07) is 11.2. The van der Waals surface area contributed by atoms with E-state index in [1.807, 2.05) is 30.3 Å². The van der Waals surface area contributed by atoms with E-state index >= 15 is 0 Å². The summed E-state index contributed by atoms with van der Waals surface area (Å²) >= 11 is 1.45. The van der Waals surface area contributed by atoms with Gasteiger partial charge in [-0.05, 0) is 17.5 Å². The van der Waals surface area contributed by atoms with Gasteiger partial charge in [0.1, 0.15) is 5.01 Å². The van der Waals surface area contributed by atoms with Crippen LogP contribution in [0, 0.1) is 0 Å². The predicted octanol–water partition coefficient (Wildman–Crippen LogP) is 1.94. The molecule has 0 atom stereocenters. The van der Waals surface area contributed by atoms with E-state index in [0.717, 1.165) is 21.0 Å². The Balaban J connectivity index is 2.09. The molecule has 1 N–H and O–H groups in total. The molecule has 2 heterocycles. The molecule has 0 spiro atoms. The van der Waals surface area contributed by atoms with E-state index in [0.29, 0.717) is 6.54 Å². The number of hydrogen-bond acceptors (Lipinski definition) is 5. The molecule has 19 heavy (non-hydrogen) atoms. The lowest BCUT2D eigenvalue weighted by atomic mass is 10.2. The summed E-state index contributed by atoms with van der Waals surface area (Å²) in [6.07, 6.45) is 0. The van der Waals surface area contributed by atoms with Crippen LogP contribution in [-0.4, -0.2) is 21.8 Å². The molecule has 0 amide bonds. The van der Waals surface area contributed by atoms with Crippen molar-refractivity contribution in [2.75, 3.05) is 12.4 Å². The molecular formula is C13H12N4OS. The van der Waals surface area contributed by atoms with Crippen molar-refractivity contribution in [3.63, 3.8) is 0 Å². The van der Waals surface area contributed by atoms with Crippen LogP contribution in [0.4, 0.5) is 5.13 Å². The van der Waals surface area contributed by atoms with Crippen molar-refractivity contribution in [1.29, 1.82) is 0 Å². The fourth-order valence-corrected chi connectivity index (χ4v) is 2.64. The van der Waals surface area contributed by atoms with E-state index in [4.69, 9.17) is 0 Å². The number of hydrogen-bond donors (Lipinski definition) is 1. The molecule has 0 unspecified atom stereocenters. The molecule has 0 fully saturated rings. The molecule has 0 saturated heterocycles. The number of rotatable bonds is 3. The summed E-state index contributed by atoms with van der Waals surface area (Å²) in [5, 5.41) is 13.6. The highest BCUT2D eigenvalue weighted by Crippen LogP contribution is 2.17. The fraction of sp³-hybridized carbons (Fsp3) is 0.154. The minimum atomic E-state index is -0.0279. The van der Waals surface area contributed by atoms with Crippen LogP contribution in [0.2, 0.25) is 0 Å². The first-order valence-corrected chi connectivity index (χ1v) is 6.68. The van der Waals surface area contributed by atoms with Crippen molar-refractivity contribution >= 4 is 27.4 Å². The molecule has 0 aliphatic rings. The number of benzene rings is 1. The normalized spacial score (nSPS) is 10.8. The van der Waals surface area contributed by atoms with Crippen LogP contribution >= 0.6 is 11.3 Å². The molecule has 0 aliphatic heterocycles. The van der Waals surface area contributed by atoms with Crippen LogP contribution < -0.4 is 10.9 Å². The van der Waals surface area contributed by atoms with Gasteiger partial charge in [0.25, 0.3) is 5.56 Å². The lowest BCUT2D eigenvalue weighted by Gasteiger charge is -2.07. The van der Waals surface area contributed by atoms with Gasteiger partial charge in [0.2, 0.25) is 5.13 Å². The smallest absolute Gasteiger partial charge is 0.251 e. The maximum atomic E-state index is 12.0. The SMILES string of the molecule is CNc1nnc(Cn2c(=O)ccc3ccccc32)s1. The highest BCUT2D eigenvalue weighted by molar-refractivity contribution is 7.15. The van der Waals surface area contributed by atoms with Crippen molar-refractivity contribution < 1.29 is 0 Å². The summed E-state index contributed by atoms with van der Waals surface area (Å²) < 4.78 is 1.72. The van der Waals surface area contributed by atoms with Gasteiger partial charge >= 0.3 is 0 Å². The second-order valence-corrected chi connectivity index (χ2v) is 5.13. The molecule has 0 aliphatic carbocycles. The number of pyridine rings is 1. The lowest BCUT2D eigenvalue weighted by molar-refractivity contribution is 0.775. The van der Waals surface area contributed by atoms with Gasteiger partial charge in [-0.25, -0.2) is 0 Å². The van der Waals surface area contributed by atoms with Crippen LogP contribution in [0.15, 0.2) is 41.2 Å². The highest BCUT2D eigenvalue weighted by atomic mass is 32.1. The molecule has 3 rings (SSSR count). The van der Waals surface area contributed by atoms with Crippen LogP contribution in [0.25, 0.3) is 10.9 Å². The maximum Gasteiger partial charge on any atom is 0.251 e. The molecule has 3 aromatic rings. The Labute approximate surface area is 113 Å². The van der Waals surface area contributed by atoms with Crippen LogP contribution in [-0.2, 0) is 6.54 Å². The van der Waals surface area contributed by atoms with E-state index in [1.54, 1.807) is 17.7 Å². The largest absolute Gasteiger partial charge is 0.363 e. The first kappa shape index (κ1) is 11.9. The van der Waals surface area contributed by atoms with Crippen LogP contribution in [0.5, 0.6) is 0 Å². The zero-order valence-corrected chi connectivity index (χ0v) is 11.1. The van der Waals surface area contributed by atoms with Crippen molar-refractivity contribution in [3.8, 4) is 0 Å². The number of nitrogens with one attached hydrogen (secondary N) is 1. The van der Waals surface area contributed by atoms with Crippen molar-refractivity contribution in [3.05, 3.63) is 51.8 Å². The predicted molar refractivity (Wildman–Crippen MR) is 76.8 cm³/mol. The summed E-state index contributed by atoms with van der Waals surface area (Å²) in [6.45, 7) is 0.444. The number of aromatic nitrogens is 3. The Kier molecular flexibility index (Phi) is 3.00. The lowest BCUT2D eigenvalue weighted by Crippen LogP contribution is -2.19. The van der Waals surface area contributed by atoms with E-state index in [-0.39, 0.29) is 5.56 Å². The maximum absolute atomic E-state index is 12.0. The van der Waals surface area contributed by atoms with E-state index in [1.165, 1.54) is 11.3 Å². The molecular weight excluding hydrogens is 260 g/mol. The van der Waals surface area contributed by atoms with Crippen molar-refractivity contribution in [2.45, 2.75) is 6.54 Å². The quantitative estimate of drug-likeness (QED) is 0.791. The van der Waals surface area contributed by atoms with Crippen molar-refractivity contribution in [2.24, 2.45) is 0 Å². The Morgan fingerprint density at radius 3 is 2.84 bits per heavy atom. The van der Waals surface area contributed by atoms with Gasteiger partial charge in [0, 0.05) is 13.1 Å². The van der Waals surface area contributed by atoms with E-state index in [2.05, 4.69) is 15.5 Å². The topological polar surface area (TPSA) is 59.8 Å². The first-order valence-electron chi connectivity index (χ1n) is 5.86.